The summed E-state index contributed by atoms with van der Waals surface area (Å²) >= 11 is 0. The predicted octanol–water partition coefficient (Wildman–Crippen LogP) is 5.57. The molecule has 156 valence electrons. The summed E-state index contributed by atoms with van der Waals surface area (Å²) in [6.45, 7) is 10.4. The highest BCUT2D eigenvalue weighted by Crippen LogP contribution is 2.37. The number of rotatable bonds is 2. The maximum Gasteiger partial charge on any atom is 0.534 e. The number of ether oxygens (including phenoxy) is 2. The molecule has 7 heteroatoms. The molecule has 0 spiro atoms. The van der Waals surface area contributed by atoms with Crippen LogP contribution in [0.5, 0.6) is 0 Å². The molecule has 1 saturated carbocycles. The van der Waals surface area contributed by atoms with Gasteiger partial charge >= 0.3 is 12.2 Å². The average molecular weight is 395 g/mol. The van der Waals surface area contributed by atoms with Crippen LogP contribution in [-0.2, 0) is 14.3 Å². The highest BCUT2D eigenvalue weighted by atomic mass is 19.1. The molecular weight excluding hydrogens is 365 g/mol. The van der Waals surface area contributed by atoms with Crippen molar-refractivity contribution in [1.29, 1.82) is 0 Å². The van der Waals surface area contributed by atoms with Crippen LogP contribution >= 0.6 is 0 Å². The standard InChI is InChI=1S/C21H30FNO5/c1-20(2,3)26-18(24)23(28-19(25)27-21(4,5)6)17-12-9-15(13-17)14-7-10-16(22)11-8-14/h7-8,10-11,15,17H,9,12-13H2,1-6H3/t15-,17+/m0/s1. The molecule has 1 aliphatic rings. The van der Waals surface area contributed by atoms with Gasteiger partial charge in [-0.2, -0.15) is 0 Å². The molecule has 1 aromatic rings. The summed E-state index contributed by atoms with van der Waals surface area (Å²) in [5.41, 5.74) is -0.491. The number of amides is 1. The van der Waals surface area contributed by atoms with Gasteiger partial charge in [0.05, 0.1) is 6.04 Å². The first-order chi connectivity index (χ1) is 12.8. The van der Waals surface area contributed by atoms with E-state index < -0.39 is 23.5 Å². The summed E-state index contributed by atoms with van der Waals surface area (Å²) in [6.07, 6.45) is 0.303. The van der Waals surface area contributed by atoms with Crippen molar-refractivity contribution in [2.75, 3.05) is 0 Å². The Morgan fingerprint density at radius 2 is 1.54 bits per heavy atom. The maximum atomic E-state index is 13.2. The molecular formula is C21H30FNO5. The summed E-state index contributed by atoms with van der Waals surface area (Å²) in [7, 11) is 0. The van der Waals surface area contributed by atoms with Gasteiger partial charge in [0, 0.05) is 0 Å². The molecule has 1 aliphatic carbocycles. The third-order valence-electron chi connectivity index (χ3n) is 4.21. The van der Waals surface area contributed by atoms with E-state index in [9.17, 15) is 14.0 Å². The van der Waals surface area contributed by atoms with E-state index in [0.717, 1.165) is 17.0 Å². The van der Waals surface area contributed by atoms with Crippen molar-refractivity contribution >= 4 is 12.2 Å². The van der Waals surface area contributed by atoms with Crippen molar-refractivity contribution in [3.05, 3.63) is 35.6 Å². The van der Waals surface area contributed by atoms with Crippen LogP contribution in [0, 0.1) is 5.82 Å². The summed E-state index contributed by atoms with van der Waals surface area (Å²) < 4.78 is 23.8. The molecule has 0 radical (unpaired) electrons. The smallest absolute Gasteiger partial charge is 0.442 e. The van der Waals surface area contributed by atoms with Gasteiger partial charge in [-0.3, -0.25) is 4.84 Å². The van der Waals surface area contributed by atoms with E-state index in [1.165, 1.54) is 12.1 Å². The van der Waals surface area contributed by atoms with Crippen molar-refractivity contribution in [3.63, 3.8) is 0 Å². The van der Waals surface area contributed by atoms with Crippen LogP contribution in [0.3, 0.4) is 0 Å². The molecule has 2 rings (SSSR count). The first kappa shape index (κ1) is 22.0. The fourth-order valence-electron chi connectivity index (χ4n) is 3.13. The Labute approximate surface area is 165 Å². The fraction of sp³-hybridized carbons (Fsp3) is 0.619. The minimum Gasteiger partial charge on any atom is -0.442 e. The number of hydrogen-bond donors (Lipinski definition) is 0. The highest BCUT2D eigenvalue weighted by molar-refractivity contribution is 5.70. The van der Waals surface area contributed by atoms with E-state index in [4.69, 9.17) is 14.3 Å². The molecule has 0 N–H and O–H groups in total. The molecule has 1 amide bonds. The van der Waals surface area contributed by atoms with Gasteiger partial charge in [-0.05, 0) is 84.4 Å². The second-order valence-corrected chi connectivity index (χ2v) is 9.08. The molecule has 0 unspecified atom stereocenters. The number of hydroxylamine groups is 2. The SMILES string of the molecule is CC(C)(C)OC(=O)ON(C(=O)OC(C)(C)C)[C@@H]1CC[C@H](c2ccc(F)cc2)C1. The zero-order valence-electron chi connectivity index (χ0n) is 17.5. The van der Waals surface area contributed by atoms with Crippen LogP contribution in [0.1, 0.15) is 72.3 Å². The Morgan fingerprint density at radius 3 is 2.07 bits per heavy atom. The van der Waals surface area contributed by atoms with E-state index in [2.05, 4.69) is 0 Å². The van der Waals surface area contributed by atoms with Crippen LogP contribution in [0.2, 0.25) is 0 Å². The van der Waals surface area contributed by atoms with Gasteiger partial charge in [-0.1, -0.05) is 12.1 Å². The lowest BCUT2D eigenvalue weighted by molar-refractivity contribution is -0.154. The van der Waals surface area contributed by atoms with Crippen molar-refractivity contribution in [2.24, 2.45) is 0 Å². The Balaban J connectivity index is 2.13. The number of nitrogens with zero attached hydrogens (tertiary/aromatic N) is 1. The highest BCUT2D eigenvalue weighted by Gasteiger charge is 2.38. The van der Waals surface area contributed by atoms with Gasteiger partial charge in [-0.25, -0.2) is 14.0 Å². The molecule has 0 aliphatic heterocycles. The number of benzene rings is 1. The van der Waals surface area contributed by atoms with E-state index in [1.807, 2.05) is 0 Å². The topological polar surface area (TPSA) is 65.1 Å². The van der Waals surface area contributed by atoms with Gasteiger partial charge in [0.15, 0.2) is 0 Å². The number of hydrogen-bond acceptors (Lipinski definition) is 5. The minimum atomic E-state index is -0.955. The zero-order chi connectivity index (χ0) is 21.1. The zero-order valence-corrected chi connectivity index (χ0v) is 17.5. The van der Waals surface area contributed by atoms with E-state index in [1.54, 1.807) is 53.7 Å². The van der Waals surface area contributed by atoms with E-state index in [-0.39, 0.29) is 17.8 Å². The van der Waals surface area contributed by atoms with Gasteiger partial charge in [0.25, 0.3) is 0 Å². The van der Waals surface area contributed by atoms with Gasteiger partial charge in [-0.15, -0.1) is 5.06 Å². The quantitative estimate of drug-likeness (QED) is 0.484. The molecule has 1 fully saturated rings. The summed E-state index contributed by atoms with van der Waals surface area (Å²) in [5.74, 6) is -0.153. The van der Waals surface area contributed by atoms with E-state index in [0.29, 0.717) is 12.8 Å². The second kappa shape index (κ2) is 8.37. The molecule has 0 aromatic heterocycles. The fourth-order valence-corrected chi connectivity index (χ4v) is 3.13. The molecule has 6 nitrogen and oxygen atoms in total. The molecule has 0 heterocycles. The number of halogens is 1. The largest absolute Gasteiger partial charge is 0.534 e. The van der Waals surface area contributed by atoms with Crippen molar-refractivity contribution in [3.8, 4) is 0 Å². The maximum absolute atomic E-state index is 13.2. The number of carbonyl (C=O) groups is 2. The first-order valence-electron chi connectivity index (χ1n) is 9.53. The van der Waals surface area contributed by atoms with Crippen molar-refractivity contribution < 1.29 is 28.3 Å². The second-order valence-electron chi connectivity index (χ2n) is 9.08. The van der Waals surface area contributed by atoms with Gasteiger partial charge in [0.2, 0.25) is 0 Å². The molecule has 28 heavy (non-hydrogen) atoms. The summed E-state index contributed by atoms with van der Waals surface area (Å²) in [6, 6.07) is 5.98. The third kappa shape index (κ3) is 6.69. The Hall–Kier alpha value is -2.31. The summed E-state index contributed by atoms with van der Waals surface area (Å²) in [5, 5.41) is 0.989. The Bertz CT molecular complexity index is 690. The van der Waals surface area contributed by atoms with Crippen LogP contribution in [0.15, 0.2) is 24.3 Å². The molecule has 0 saturated heterocycles. The lowest BCUT2D eigenvalue weighted by Gasteiger charge is -2.30. The monoisotopic (exact) mass is 395 g/mol. The molecule has 1 aromatic carbocycles. The third-order valence-corrected chi connectivity index (χ3v) is 4.21. The molecule has 0 bridgehead atoms. The Kier molecular flexibility index (Phi) is 6.57. The van der Waals surface area contributed by atoms with Gasteiger partial charge in [0.1, 0.15) is 17.0 Å². The van der Waals surface area contributed by atoms with Crippen LogP contribution < -0.4 is 0 Å². The van der Waals surface area contributed by atoms with Crippen LogP contribution in [0.25, 0.3) is 0 Å². The lowest BCUT2D eigenvalue weighted by atomic mass is 9.97. The number of carbonyl (C=O) groups excluding carboxylic acids is 2. The van der Waals surface area contributed by atoms with Gasteiger partial charge < -0.3 is 9.47 Å². The van der Waals surface area contributed by atoms with Crippen molar-refractivity contribution in [1.82, 2.24) is 5.06 Å². The lowest BCUT2D eigenvalue weighted by Crippen LogP contribution is -2.44. The first-order valence-corrected chi connectivity index (χ1v) is 9.53. The summed E-state index contributed by atoms with van der Waals surface area (Å²) in [4.78, 5) is 30.1. The van der Waals surface area contributed by atoms with Crippen LogP contribution in [0.4, 0.5) is 14.0 Å². The normalized spacial score (nSPS) is 19.8. The molecule has 2 atom stereocenters. The average Bonchev–Trinajstić information content (AvgIpc) is 2.99. The predicted molar refractivity (Wildman–Crippen MR) is 102 cm³/mol. The van der Waals surface area contributed by atoms with Crippen molar-refractivity contribution in [2.45, 2.75) is 84.0 Å². The minimum absolute atomic E-state index is 0.137. The Morgan fingerprint density at radius 1 is 0.964 bits per heavy atom. The van der Waals surface area contributed by atoms with E-state index >= 15 is 0 Å². The van der Waals surface area contributed by atoms with Crippen LogP contribution in [-0.4, -0.2) is 34.6 Å².